The number of halogens is 1. The Morgan fingerprint density at radius 2 is 1.66 bits per heavy atom. The zero-order chi connectivity index (χ0) is 22.1. The molecule has 164 valence electrons. The largest absolute Gasteiger partial charge is 0.380 e. The molecule has 2 aromatic heterocycles. The molecule has 1 aliphatic rings. The summed E-state index contributed by atoms with van der Waals surface area (Å²) in [4.78, 5) is 7.08. The number of hydrogen-bond donors (Lipinski definition) is 1. The van der Waals surface area contributed by atoms with Crippen LogP contribution in [-0.2, 0) is 18.4 Å². The molecule has 0 unspecified atom stereocenters. The fourth-order valence-electron chi connectivity index (χ4n) is 4.61. The van der Waals surface area contributed by atoms with Gasteiger partial charge in [-0.25, -0.2) is 4.98 Å². The van der Waals surface area contributed by atoms with E-state index in [0.717, 1.165) is 65.2 Å². The first-order valence-electron chi connectivity index (χ1n) is 10.9. The average molecular weight is 447 g/mol. The molecule has 0 radical (unpaired) electrons. The topological polar surface area (TPSA) is 42.3 Å². The second-order valence-electron chi connectivity index (χ2n) is 8.19. The molecule has 1 aliphatic heterocycles. The molecule has 5 rings (SSSR count). The molecule has 5 nitrogen and oxygen atoms in total. The van der Waals surface area contributed by atoms with Crippen LogP contribution < -0.4 is 10.2 Å². The number of methoxy groups -OCH3 is 1. The van der Waals surface area contributed by atoms with Crippen molar-refractivity contribution >= 4 is 28.3 Å². The van der Waals surface area contributed by atoms with Crippen molar-refractivity contribution in [2.24, 2.45) is 7.05 Å². The average Bonchev–Trinajstić information content (AvgIpc) is 3.14. The Morgan fingerprint density at radius 1 is 0.969 bits per heavy atom. The quantitative estimate of drug-likeness (QED) is 0.462. The van der Waals surface area contributed by atoms with Crippen LogP contribution in [0.1, 0.15) is 5.56 Å². The predicted octanol–water partition coefficient (Wildman–Crippen LogP) is 5.12. The number of hydrogen-bond acceptors (Lipinski definition) is 4. The SMILES string of the molecule is COCc1ccc(-c2c(-c3ccc(N4CCNCC4)cc3)n(C)c3nccc(Cl)c23)cc1. The van der Waals surface area contributed by atoms with Crippen LogP contribution in [0.15, 0.2) is 60.8 Å². The minimum absolute atomic E-state index is 0.596. The molecule has 0 spiro atoms. The van der Waals surface area contributed by atoms with E-state index in [4.69, 9.17) is 16.3 Å². The molecule has 2 aromatic carbocycles. The molecule has 6 heteroatoms. The van der Waals surface area contributed by atoms with E-state index in [2.05, 4.69) is 75.3 Å². The Balaban J connectivity index is 1.65. The lowest BCUT2D eigenvalue weighted by Gasteiger charge is -2.29. The van der Waals surface area contributed by atoms with Crippen LogP contribution in [0.5, 0.6) is 0 Å². The zero-order valence-corrected chi connectivity index (χ0v) is 19.2. The maximum Gasteiger partial charge on any atom is 0.142 e. The maximum atomic E-state index is 6.71. The molecule has 1 N–H and O–H groups in total. The molecular weight excluding hydrogens is 420 g/mol. The van der Waals surface area contributed by atoms with E-state index in [1.807, 2.05) is 6.07 Å². The summed E-state index contributed by atoms with van der Waals surface area (Å²) >= 11 is 6.71. The number of anilines is 1. The Labute approximate surface area is 193 Å². The van der Waals surface area contributed by atoms with Crippen molar-refractivity contribution in [2.45, 2.75) is 6.61 Å². The van der Waals surface area contributed by atoms with Crippen molar-refractivity contribution in [1.82, 2.24) is 14.9 Å². The van der Waals surface area contributed by atoms with Gasteiger partial charge in [0.25, 0.3) is 0 Å². The van der Waals surface area contributed by atoms with E-state index in [1.165, 1.54) is 5.69 Å². The van der Waals surface area contributed by atoms with Gasteiger partial charge in [0.2, 0.25) is 0 Å². The predicted molar refractivity (Wildman–Crippen MR) is 132 cm³/mol. The van der Waals surface area contributed by atoms with Gasteiger partial charge in [-0.3, -0.25) is 0 Å². The van der Waals surface area contributed by atoms with E-state index in [1.54, 1.807) is 13.3 Å². The lowest BCUT2D eigenvalue weighted by molar-refractivity contribution is 0.185. The fourth-order valence-corrected chi connectivity index (χ4v) is 4.85. The van der Waals surface area contributed by atoms with E-state index in [9.17, 15) is 0 Å². The van der Waals surface area contributed by atoms with Crippen LogP contribution >= 0.6 is 11.6 Å². The molecule has 1 fully saturated rings. The molecule has 0 atom stereocenters. The van der Waals surface area contributed by atoms with Crippen LogP contribution in [0.2, 0.25) is 5.02 Å². The molecule has 0 bridgehead atoms. The van der Waals surface area contributed by atoms with Gasteiger partial charge in [-0.1, -0.05) is 48.0 Å². The van der Waals surface area contributed by atoms with Crippen LogP contribution in [0.3, 0.4) is 0 Å². The minimum Gasteiger partial charge on any atom is -0.380 e. The maximum absolute atomic E-state index is 6.71. The number of aromatic nitrogens is 2. The van der Waals surface area contributed by atoms with Crippen LogP contribution in [-0.4, -0.2) is 42.8 Å². The summed E-state index contributed by atoms with van der Waals surface area (Å²) in [5, 5.41) is 5.11. The Morgan fingerprint density at radius 3 is 2.34 bits per heavy atom. The first-order chi connectivity index (χ1) is 15.7. The van der Waals surface area contributed by atoms with E-state index in [-0.39, 0.29) is 0 Å². The van der Waals surface area contributed by atoms with Gasteiger partial charge in [0.15, 0.2) is 0 Å². The number of ether oxygens (including phenoxy) is 1. The van der Waals surface area contributed by atoms with E-state index < -0.39 is 0 Å². The number of benzene rings is 2. The number of piperazine rings is 1. The third-order valence-corrected chi connectivity index (χ3v) is 6.51. The minimum atomic E-state index is 0.596. The number of fused-ring (bicyclic) bond motifs is 1. The highest BCUT2D eigenvalue weighted by Crippen LogP contribution is 2.42. The van der Waals surface area contributed by atoms with E-state index >= 15 is 0 Å². The summed E-state index contributed by atoms with van der Waals surface area (Å²) in [6, 6.07) is 19.2. The molecular formula is C26H27ClN4O. The van der Waals surface area contributed by atoms with Crippen LogP contribution in [0.4, 0.5) is 5.69 Å². The summed E-state index contributed by atoms with van der Waals surface area (Å²) < 4.78 is 7.43. The fraction of sp³-hybridized carbons (Fsp3) is 0.269. The second-order valence-corrected chi connectivity index (χ2v) is 8.60. The summed E-state index contributed by atoms with van der Waals surface area (Å²) in [6.45, 7) is 4.72. The van der Waals surface area contributed by atoms with Crippen LogP contribution in [0.25, 0.3) is 33.4 Å². The third kappa shape index (κ3) is 3.77. The first kappa shape index (κ1) is 21.0. The van der Waals surface area contributed by atoms with Gasteiger partial charge in [-0.15, -0.1) is 0 Å². The number of aryl methyl sites for hydroxylation is 1. The van der Waals surface area contributed by atoms with Gasteiger partial charge in [-0.2, -0.15) is 0 Å². The molecule has 32 heavy (non-hydrogen) atoms. The van der Waals surface area contributed by atoms with Crippen molar-refractivity contribution < 1.29 is 4.74 Å². The first-order valence-corrected chi connectivity index (χ1v) is 11.3. The van der Waals surface area contributed by atoms with Gasteiger partial charge in [0, 0.05) is 63.2 Å². The van der Waals surface area contributed by atoms with Gasteiger partial charge < -0.3 is 19.5 Å². The highest BCUT2D eigenvalue weighted by molar-refractivity contribution is 6.37. The molecule has 3 heterocycles. The summed E-state index contributed by atoms with van der Waals surface area (Å²) in [7, 11) is 3.78. The Hall–Kier alpha value is -2.86. The highest BCUT2D eigenvalue weighted by Gasteiger charge is 2.21. The monoisotopic (exact) mass is 446 g/mol. The number of nitrogens with one attached hydrogen (secondary N) is 1. The molecule has 4 aromatic rings. The zero-order valence-electron chi connectivity index (χ0n) is 18.4. The van der Waals surface area contributed by atoms with Gasteiger partial charge in [0.1, 0.15) is 5.65 Å². The summed E-state index contributed by atoms with van der Waals surface area (Å²) in [6.07, 6.45) is 1.77. The lowest BCUT2D eigenvalue weighted by Crippen LogP contribution is -2.43. The van der Waals surface area contributed by atoms with Gasteiger partial charge >= 0.3 is 0 Å². The van der Waals surface area contributed by atoms with Crippen molar-refractivity contribution in [3.8, 4) is 22.4 Å². The van der Waals surface area contributed by atoms with Gasteiger partial charge in [-0.05, 0) is 34.9 Å². The van der Waals surface area contributed by atoms with Gasteiger partial charge in [0.05, 0.1) is 17.3 Å². The molecule has 1 saturated heterocycles. The van der Waals surface area contributed by atoms with Crippen molar-refractivity contribution in [2.75, 3.05) is 38.2 Å². The smallest absolute Gasteiger partial charge is 0.142 e. The van der Waals surface area contributed by atoms with E-state index in [0.29, 0.717) is 11.6 Å². The highest BCUT2D eigenvalue weighted by atomic mass is 35.5. The second kappa shape index (κ2) is 8.94. The standard InChI is InChI=1S/C26H27ClN4O/c1-30-25(20-7-9-21(10-8-20)31-15-13-28-14-16-31)23(24-22(27)11-12-29-26(24)30)19-5-3-18(4-6-19)17-32-2/h3-12,28H,13-17H2,1-2H3. The normalized spacial score (nSPS) is 14.3. The molecule has 0 aliphatic carbocycles. The number of nitrogens with zero attached hydrogens (tertiary/aromatic N) is 3. The lowest BCUT2D eigenvalue weighted by atomic mass is 9.97. The summed E-state index contributed by atoms with van der Waals surface area (Å²) in [5.74, 6) is 0. The third-order valence-electron chi connectivity index (χ3n) is 6.20. The number of pyridine rings is 1. The molecule has 0 saturated carbocycles. The Kier molecular flexibility index (Phi) is 5.87. The molecule has 0 amide bonds. The number of rotatable bonds is 5. The van der Waals surface area contributed by atoms with Crippen molar-refractivity contribution in [3.63, 3.8) is 0 Å². The Bertz CT molecular complexity index is 1230. The van der Waals surface area contributed by atoms with Crippen LogP contribution in [0, 0.1) is 0 Å². The van der Waals surface area contributed by atoms with Crippen molar-refractivity contribution in [1.29, 1.82) is 0 Å². The summed E-state index contributed by atoms with van der Waals surface area (Å²) in [5.41, 5.74) is 7.78. The van der Waals surface area contributed by atoms with Crippen molar-refractivity contribution in [3.05, 3.63) is 71.4 Å².